The Balaban J connectivity index is 2.18. The SMILES string of the molecule is Clc1cccc2nnc(C3CCOC3)n12. The molecule has 0 radical (unpaired) electrons. The Morgan fingerprint density at radius 3 is 3.13 bits per heavy atom. The van der Waals surface area contributed by atoms with Gasteiger partial charge in [-0.1, -0.05) is 17.7 Å². The second-order valence-electron chi connectivity index (χ2n) is 3.66. The van der Waals surface area contributed by atoms with E-state index in [1.807, 2.05) is 22.6 Å². The zero-order chi connectivity index (χ0) is 10.3. The first kappa shape index (κ1) is 9.12. The molecule has 78 valence electrons. The molecule has 1 saturated heterocycles. The van der Waals surface area contributed by atoms with Crippen LogP contribution in [-0.2, 0) is 4.74 Å². The van der Waals surface area contributed by atoms with E-state index >= 15 is 0 Å². The summed E-state index contributed by atoms with van der Waals surface area (Å²) in [6.45, 7) is 1.51. The Hall–Kier alpha value is -1.13. The molecular weight excluding hydrogens is 214 g/mol. The van der Waals surface area contributed by atoms with Crippen LogP contribution in [0, 0.1) is 0 Å². The molecule has 15 heavy (non-hydrogen) atoms. The molecule has 1 unspecified atom stereocenters. The van der Waals surface area contributed by atoms with E-state index in [0.717, 1.165) is 24.5 Å². The van der Waals surface area contributed by atoms with Crippen LogP contribution < -0.4 is 0 Å². The summed E-state index contributed by atoms with van der Waals surface area (Å²) in [5.74, 6) is 1.23. The minimum Gasteiger partial charge on any atom is -0.381 e. The molecule has 1 atom stereocenters. The van der Waals surface area contributed by atoms with Gasteiger partial charge in [0.15, 0.2) is 5.65 Å². The fraction of sp³-hybridized carbons (Fsp3) is 0.400. The standard InChI is InChI=1S/C10H10ClN3O/c11-8-2-1-3-9-12-13-10(14(8)9)7-4-5-15-6-7/h1-3,7H,4-6H2. The van der Waals surface area contributed by atoms with Crippen LogP contribution in [0.1, 0.15) is 18.2 Å². The van der Waals surface area contributed by atoms with Crippen molar-refractivity contribution in [1.29, 1.82) is 0 Å². The average Bonchev–Trinajstić information content (AvgIpc) is 2.85. The van der Waals surface area contributed by atoms with Gasteiger partial charge in [-0.15, -0.1) is 10.2 Å². The number of halogens is 1. The third-order valence-corrected chi connectivity index (χ3v) is 3.00. The van der Waals surface area contributed by atoms with E-state index in [-0.39, 0.29) is 0 Å². The van der Waals surface area contributed by atoms with Crippen LogP contribution in [-0.4, -0.2) is 27.8 Å². The van der Waals surface area contributed by atoms with Gasteiger partial charge in [-0.3, -0.25) is 4.40 Å². The molecule has 3 rings (SSSR count). The predicted octanol–water partition coefficient (Wildman–Crippen LogP) is 1.89. The van der Waals surface area contributed by atoms with Crippen LogP contribution in [0.25, 0.3) is 5.65 Å². The first-order valence-electron chi connectivity index (χ1n) is 4.93. The van der Waals surface area contributed by atoms with Crippen LogP contribution in [0.15, 0.2) is 18.2 Å². The summed E-state index contributed by atoms with van der Waals surface area (Å²) in [4.78, 5) is 0. The van der Waals surface area contributed by atoms with Gasteiger partial charge in [-0.25, -0.2) is 0 Å². The minimum atomic E-state index is 0.319. The minimum absolute atomic E-state index is 0.319. The van der Waals surface area contributed by atoms with Gasteiger partial charge in [0.1, 0.15) is 11.0 Å². The van der Waals surface area contributed by atoms with Crippen molar-refractivity contribution in [2.75, 3.05) is 13.2 Å². The summed E-state index contributed by atoms with van der Waals surface area (Å²) in [6, 6.07) is 5.62. The topological polar surface area (TPSA) is 39.4 Å². The highest BCUT2D eigenvalue weighted by Gasteiger charge is 2.23. The van der Waals surface area contributed by atoms with E-state index in [0.29, 0.717) is 17.7 Å². The van der Waals surface area contributed by atoms with E-state index in [4.69, 9.17) is 16.3 Å². The molecule has 1 aliphatic rings. The van der Waals surface area contributed by atoms with Crippen LogP contribution in [0.4, 0.5) is 0 Å². The number of pyridine rings is 1. The highest BCUT2D eigenvalue weighted by Crippen LogP contribution is 2.26. The summed E-state index contributed by atoms with van der Waals surface area (Å²) in [5.41, 5.74) is 0.796. The van der Waals surface area contributed by atoms with Crippen molar-refractivity contribution in [3.05, 3.63) is 29.2 Å². The van der Waals surface area contributed by atoms with Crippen molar-refractivity contribution in [3.8, 4) is 0 Å². The Bertz CT molecular complexity index is 490. The summed E-state index contributed by atoms with van der Waals surface area (Å²) in [6.07, 6.45) is 0.992. The Kier molecular flexibility index (Phi) is 2.11. The number of rotatable bonds is 1. The second-order valence-corrected chi connectivity index (χ2v) is 4.05. The molecule has 0 aliphatic carbocycles. The Morgan fingerprint density at radius 1 is 1.40 bits per heavy atom. The first-order chi connectivity index (χ1) is 7.36. The lowest BCUT2D eigenvalue weighted by atomic mass is 10.1. The van der Waals surface area contributed by atoms with E-state index in [9.17, 15) is 0 Å². The summed E-state index contributed by atoms with van der Waals surface area (Å²) < 4.78 is 7.24. The number of hydrogen-bond acceptors (Lipinski definition) is 3. The number of aromatic nitrogens is 3. The van der Waals surface area contributed by atoms with E-state index in [1.54, 1.807) is 0 Å². The molecule has 0 bridgehead atoms. The maximum Gasteiger partial charge on any atom is 0.161 e. The molecule has 2 aromatic rings. The predicted molar refractivity (Wildman–Crippen MR) is 56.2 cm³/mol. The number of ether oxygens (including phenoxy) is 1. The van der Waals surface area contributed by atoms with Gasteiger partial charge in [0.2, 0.25) is 0 Å². The third-order valence-electron chi connectivity index (χ3n) is 2.70. The monoisotopic (exact) mass is 223 g/mol. The van der Waals surface area contributed by atoms with Crippen LogP contribution in [0.2, 0.25) is 5.15 Å². The lowest BCUT2D eigenvalue weighted by Crippen LogP contribution is -2.04. The molecule has 0 amide bonds. The van der Waals surface area contributed by atoms with Crippen molar-refractivity contribution in [3.63, 3.8) is 0 Å². The highest BCUT2D eigenvalue weighted by atomic mass is 35.5. The molecule has 5 heteroatoms. The molecule has 0 saturated carbocycles. The van der Waals surface area contributed by atoms with E-state index in [2.05, 4.69) is 10.2 Å². The van der Waals surface area contributed by atoms with Gasteiger partial charge >= 0.3 is 0 Å². The van der Waals surface area contributed by atoms with Crippen molar-refractivity contribution >= 4 is 17.2 Å². The van der Waals surface area contributed by atoms with Gasteiger partial charge in [-0.2, -0.15) is 0 Å². The lowest BCUT2D eigenvalue weighted by Gasteiger charge is -2.06. The average molecular weight is 224 g/mol. The summed E-state index contributed by atoms with van der Waals surface area (Å²) in [5, 5.41) is 8.94. The number of fused-ring (bicyclic) bond motifs is 1. The van der Waals surface area contributed by atoms with Crippen LogP contribution in [0.3, 0.4) is 0 Å². The number of hydrogen-bond donors (Lipinski definition) is 0. The lowest BCUT2D eigenvalue weighted by molar-refractivity contribution is 0.193. The van der Waals surface area contributed by atoms with E-state index < -0.39 is 0 Å². The van der Waals surface area contributed by atoms with Crippen LogP contribution in [0.5, 0.6) is 0 Å². The van der Waals surface area contributed by atoms with Gasteiger partial charge in [0.05, 0.1) is 6.61 Å². The summed E-state index contributed by atoms with van der Waals surface area (Å²) >= 11 is 6.12. The van der Waals surface area contributed by atoms with Gasteiger partial charge in [0.25, 0.3) is 0 Å². The van der Waals surface area contributed by atoms with Gasteiger partial charge in [-0.05, 0) is 18.6 Å². The zero-order valence-electron chi connectivity index (χ0n) is 8.06. The van der Waals surface area contributed by atoms with Crippen LogP contribution >= 0.6 is 11.6 Å². The largest absolute Gasteiger partial charge is 0.381 e. The Morgan fingerprint density at radius 2 is 2.33 bits per heavy atom. The van der Waals surface area contributed by atoms with Crippen molar-refractivity contribution < 1.29 is 4.74 Å². The Labute approximate surface area is 91.8 Å². The number of nitrogens with zero attached hydrogens (tertiary/aromatic N) is 3. The molecule has 1 aliphatic heterocycles. The normalized spacial score (nSPS) is 21.3. The fourth-order valence-corrected chi connectivity index (χ4v) is 2.17. The molecule has 0 N–H and O–H groups in total. The summed E-state index contributed by atoms with van der Waals surface area (Å²) in [7, 11) is 0. The maximum absolute atomic E-state index is 6.12. The highest BCUT2D eigenvalue weighted by molar-refractivity contribution is 6.29. The van der Waals surface area contributed by atoms with Crippen molar-refractivity contribution in [2.45, 2.75) is 12.3 Å². The fourth-order valence-electron chi connectivity index (χ4n) is 1.93. The molecule has 3 heterocycles. The maximum atomic E-state index is 6.12. The molecular formula is C10H10ClN3O. The quantitative estimate of drug-likeness (QED) is 0.693. The first-order valence-corrected chi connectivity index (χ1v) is 5.31. The molecule has 0 spiro atoms. The van der Waals surface area contributed by atoms with Crippen molar-refractivity contribution in [2.24, 2.45) is 0 Å². The van der Waals surface area contributed by atoms with Gasteiger partial charge in [0, 0.05) is 12.5 Å². The second kappa shape index (κ2) is 3.47. The zero-order valence-corrected chi connectivity index (χ0v) is 8.81. The molecule has 1 fully saturated rings. The smallest absolute Gasteiger partial charge is 0.161 e. The van der Waals surface area contributed by atoms with Gasteiger partial charge < -0.3 is 4.74 Å². The molecule has 0 aromatic carbocycles. The molecule has 4 nitrogen and oxygen atoms in total. The van der Waals surface area contributed by atoms with E-state index in [1.165, 1.54) is 0 Å². The van der Waals surface area contributed by atoms with Crippen molar-refractivity contribution in [1.82, 2.24) is 14.6 Å². The third kappa shape index (κ3) is 1.41. The molecule has 2 aromatic heterocycles.